The van der Waals surface area contributed by atoms with E-state index >= 15 is 0 Å². The van der Waals surface area contributed by atoms with Crippen LogP contribution < -0.4 is 14.8 Å². The molecule has 0 spiro atoms. The molecular formula is C23H20BrNO3. The Morgan fingerprint density at radius 2 is 1.75 bits per heavy atom. The molecule has 0 bridgehead atoms. The SMILES string of the molecule is C=CCOc1ccc(C(=O)Nc2ccc(OCc3ccccc3)cc2)cc1Br. The summed E-state index contributed by atoms with van der Waals surface area (Å²) in [4.78, 5) is 12.5. The first-order chi connectivity index (χ1) is 13.7. The number of carbonyl (C=O) groups is 1. The van der Waals surface area contributed by atoms with Gasteiger partial charge in [0.05, 0.1) is 4.47 Å². The second kappa shape index (κ2) is 9.76. The van der Waals surface area contributed by atoms with Crippen molar-refractivity contribution < 1.29 is 14.3 Å². The average molecular weight is 438 g/mol. The lowest BCUT2D eigenvalue weighted by Crippen LogP contribution is -2.12. The van der Waals surface area contributed by atoms with Crippen molar-refractivity contribution in [3.63, 3.8) is 0 Å². The summed E-state index contributed by atoms with van der Waals surface area (Å²) in [7, 11) is 0. The van der Waals surface area contributed by atoms with E-state index in [0.717, 1.165) is 11.3 Å². The highest BCUT2D eigenvalue weighted by Crippen LogP contribution is 2.26. The summed E-state index contributed by atoms with van der Waals surface area (Å²) in [5.74, 6) is 1.21. The molecule has 0 unspecified atom stereocenters. The lowest BCUT2D eigenvalue weighted by molar-refractivity contribution is 0.102. The molecule has 0 aromatic heterocycles. The zero-order valence-corrected chi connectivity index (χ0v) is 16.8. The molecule has 1 amide bonds. The molecule has 142 valence electrons. The van der Waals surface area contributed by atoms with E-state index in [2.05, 4.69) is 27.8 Å². The molecule has 0 aliphatic carbocycles. The van der Waals surface area contributed by atoms with Crippen LogP contribution in [0, 0.1) is 0 Å². The van der Waals surface area contributed by atoms with Crippen molar-refractivity contribution in [1.29, 1.82) is 0 Å². The molecule has 0 heterocycles. The van der Waals surface area contributed by atoms with Gasteiger partial charge in [0.25, 0.3) is 5.91 Å². The van der Waals surface area contributed by atoms with Gasteiger partial charge >= 0.3 is 0 Å². The number of halogens is 1. The first-order valence-corrected chi connectivity index (χ1v) is 9.56. The van der Waals surface area contributed by atoms with Gasteiger partial charge in [-0.15, -0.1) is 0 Å². The predicted octanol–water partition coefficient (Wildman–Crippen LogP) is 5.85. The van der Waals surface area contributed by atoms with Crippen molar-refractivity contribution in [1.82, 2.24) is 0 Å². The van der Waals surface area contributed by atoms with Gasteiger partial charge in [-0.1, -0.05) is 43.0 Å². The van der Waals surface area contributed by atoms with Crippen molar-refractivity contribution in [2.24, 2.45) is 0 Å². The molecule has 0 atom stereocenters. The van der Waals surface area contributed by atoms with E-state index in [1.165, 1.54) is 0 Å². The van der Waals surface area contributed by atoms with E-state index in [-0.39, 0.29) is 5.91 Å². The number of benzene rings is 3. The molecule has 5 heteroatoms. The van der Waals surface area contributed by atoms with E-state index in [0.29, 0.717) is 34.7 Å². The zero-order valence-electron chi connectivity index (χ0n) is 15.2. The number of ether oxygens (including phenoxy) is 2. The number of amides is 1. The lowest BCUT2D eigenvalue weighted by Gasteiger charge is -2.10. The minimum atomic E-state index is -0.200. The number of carbonyl (C=O) groups excluding carboxylic acids is 1. The second-order valence-electron chi connectivity index (χ2n) is 6.00. The fourth-order valence-electron chi connectivity index (χ4n) is 2.49. The number of hydrogen-bond donors (Lipinski definition) is 1. The summed E-state index contributed by atoms with van der Waals surface area (Å²) in [6, 6.07) is 22.5. The smallest absolute Gasteiger partial charge is 0.255 e. The Labute approximate surface area is 172 Å². The topological polar surface area (TPSA) is 47.6 Å². The largest absolute Gasteiger partial charge is 0.489 e. The van der Waals surface area contributed by atoms with Crippen LogP contribution >= 0.6 is 15.9 Å². The van der Waals surface area contributed by atoms with Crippen molar-refractivity contribution in [3.05, 3.63) is 101 Å². The van der Waals surface area contributed by atoms with Crippen molar-refractivity contribution in [2.45, 2.75) is 6.61 Å². The molecule has 3 aromatic rings. The molecule has 0 fully saturated rings. The van der Waals surface area contributed by atoms with Crippen LogP contribution in [0.1, 0.15) is 15.9 Å². The highest BCUT2D eigenvalue weighted by molar-refractivity contribution is 9.10. The molecule has 28 heavy (non-hydrogen) atoms. The second-order valence-corrected chi connectivity index (χ2v) is 6.85. The maximum absolute atomic E-state index is 12.5. The Hall–Kier alpha value is -3.05. The molecule has 0 saturated heterocycles. The summed E-state index contributed by atoms with van der Waals surface area (Å²) in [6.45, 7) is 4.52. The summed E-state index contributed by atoms with van der Waals surface area (Å²) in [6.07, 6.45) is 1.67. The average Bonchev–Trinajstić information content (AvgIpc) is 2.73. The molecule has 3 rings (SSSR count). The molecule has 3 aromatic carbocycles. The predicted molar refractivity (Wildman–Crippen MR) is 115 cm³/mol. The van der Waals surface area contributed by atoms with E-state index in [4.69, 9.17) is 9.47 Å². The molecule has 0 radical (unpaired) electrons. The third-order valence-corrected chi connectivity index (χ3v) is 4.53. The van der Waals surface area contributed by atoms with Gasteiger partial charge in [-0.3, -0.25) is 4.79 Å². The molecule has 0 aliphatic heterocycles. The van der Waals surface area contributed by atoms with Crippen LogP contribution in [0.2, 0.25) is 0 Å². The van der Waals surface area contributed by atoms with Crippen LogP contribution in [0.25, 0.3) is 0 Å². The normalized spacial score (nSPS) is 10.2. The third kappa shape index (κ3) is 5.47. The van der Waals surface area contributed by atoms with Crippen LogP contribution in [0.4, 0.5) is 5.69 Å². The molecule has 0 saturated carbocycles. The highest BCUT2D eigenvalue weighted by atomic mass is 79.9. The van der Waals surface area contributed by atoms with Gasteiger partial charge in [-0.05, 0) is 64.0 Å². The van der Waals surface area contributed by atoms with E-state index in [1.54, 1.807) is 24.3 Å². The highest BCUT2D eigenvalue weighted by Gasteiger charge is 2.10. The first-order valence-electron chi connectivity index (χ1n) is 8.77. The van der Waals surface area contributed by atoms with Crippen molar-refractivity contribution in [3.8, 4) is 11.5 Å². The monoisotopic (exact) mass is 437 g/mol. The summed E-state index contributed by atoms with van der Waals surface area (Å²) in [5, 5.41) is 2.88. The molecule has 4 nitrogen and oxygen atoms in total. The van der Waals surface area contributed by atoms with E-state index < -0.39 is 0 Å². The Morgan fingerprint density at radius 1 is 1.00 bits per heavy atom. The zero-order chi connectivity index (χ0) is 19.8. The number of anilines is 1. The van der Waals surface area contributed by atoms with Gasteiger partial charge in [0, 0.05) is 11.3 Å². The number of rotatable bonds is 8. The standard InChI is InChI=1S/C23H20BrNO3/c1-2-14-27-22-13-8-18(15-21(22)24)23(26)25-19-9-11-20(12-10-19)28-16-17-6-4-3-5-7-17/h2-13,15H,1,14,16H2,(H,25,26). The minimum Gasteiger partial charge on any atom is -0.489 e. The van der Waals surface area contributed by atoms with Crippen LogP contribution in [-0.4, -0.2) is 12.5 Å². The number of nitrogens with one attached hydrogen (secondary N) is 1. The summed E-state index contributed by atoms with van der Waals surface area (Å²) < 4.78 is 12.0. The molecular weight excluding hydrogens is 418 g/mol. The lowest BCUT2D eigenvalue weighted by atomic mass is 10.2. The molecule has 1 N–H and O–H groups in total. The molecule has 0 aliphatic rings. The maximum Gasteiger partial charge on any atom is 0.255 e. The van der Waals surface area contributed by atoms with E-state index in [9.17, 15) is 4.79 Å². The van der Waals surface area contributed by atoms with Gasteiger partial charge < -0.3 is 14.8 Å². The van der Waals surface area contributed by atoms with Gasteiger partial charge in [0.2, 0.25) is 0 Å². The maximum atomic E-state index is 12.5. The minimum absolute atomic E-state index is 0.200. The first kappa shape index (κ1) is 19.7. The Kier molecular flexibility index (Phi) is 6.87. The van der Waals surface area contributed by atoms with E-state index in [1.807, 2.05) is 54.6 Å². The quantitative estimate of drug-likeness (QED) is 0.449. The fraction of sp³-hybridized carbons (Fsp3) is 0.0870. The third-order valence-electron chi connectivity index (χ3n) is 3.91. The Balaban J connectivity index is 1.58. The number of hydrogen-bond acceptors (Lipinski definition) is 3. The van der Waals surface area contributed by atoms with Gasteiger partial charge in [-0.25, -0.2) is 0 Å². The van der Waals surface area contributed by atoms with Crippen LogP contribution in [0.3, 0.4) is 0 Å². The van der Waals surface area contributed by atoms with Gasteiger partial charge in [0.1, 0.15) is 24.7 Å². The Bertz CT molecular complexity index is 940. The summed E-state index contributed by atoms with van der Waals surface area (Å²) in [5.41, 5.74) is 2.33. The van der Waals surface area contributed by atoms with Crippen LogP contribution in [-0.2, 0) is 6.61 Å². The van der Waals surface area contributed by atoms with Crippen molar-refractivity contribution in [2.75, 3.05) is 11.9 Å². The van der Waals surface area contributed by atoms with Gasteiger partial charge in [-0.2, -0.15) is 0 Å². The summed E-state index contributed by atoms with van der Waals surface area (Å²) >= 11 is 3.42. The van der Waals surface area contributed by atoms with Gasteiger partial charge in [0.15, 0.2) is 0 Å². The van der Waals surface area contributed by atoms with Crippen LogP contribution in [0.5, 0.6) is 11.5 Å². The van der Waals surface area contributed by atoms with Crippen molar-refractivity contribution >= 4 is 27.5 Å². The fourth-order valence-corrected chi connectivity index (χ4v) is 2.98. The van der Waals surface area contributed by atoms with Crippen LogP contribution in [0.15, 0.2) is 89.9 Å². The Morgan fingerprint density at radius 3 is 2.43 bits per heavy atom.